The van der Waals surface area contributed by atoms with Crippen LogP contribution in [-0.4, -0.2) is 23.3 Å². The van der Waals surface area contributed by atoms with Crippen LogP contribution in [0.25, 0.3) is 0 Å². The predicted molar refractivity (Wildman–Crippen MR) is 54.9 cm³/mol. The topological polar surface area (TPSA) is 52.8 Å². The third-order valence-electron chi connectivity index (χ3n) is 1.98. The van der Waals surface area contributed by atoms with Gasteiger partial charge in [-0.2, -0.15) is 10.4 Å². The number of rotatable bonds is 4. The summed E-state index contributed by atoms with van der Waals surface area (Å²) in [5, 5.41) is 16.4. The van der Waals surface area contributed by atoms with Crippen molar-refractivity contribution in [3.8, 4) is 6.07 Å². The highest BCUT2D eigenvalue weighted by molar-refractivity contribution is 5.38. The molecule has 1 aromatic rings. The Morgan fingerprint density at radius 2 is 2.36 bits per heavy atom. The van der Waals surface area contributed by atoms with E-state index in [1.807, 2.05) is 24.8 Å². The van der Waals surface area contributed by atoms with Crippen molar-refractivity contribution in [1.29, 1.82) is 5.26 Å². The summed E-state index contributed by atoms with van der Waals surface area (Å²) < 4.78 is 0. The van der Waals surface area contributed by atoms with E-state index in [-0.39, 0.29) is 0 Å². The van der Waals surface area contributed by atoms with Crippen molar-refractivity contribution in [1.82, 2.24) is 10.2 Å². The molecular formula is C10H14N4. The van der Waals surface area contributed by atoms with Gasteiger partial charge < -0.3 is 4.90 Å². The molecule has 0 aliphatic heterocycles. The van der Waals surface area contributed by atoms with Crippen LogP contribution in [-0.2, 0) is 0 Å². The summed E-state index contributed by atoms with van der Waals surface area (Å²) >= 11 is 0. The molecule has 0 amide bonds. The second kappa shape index (κ2) is 5.18. The molecule has 4 heteroatoms. The van der Waals surface area contributed by atoms with Crippen molar-refractivity contribution in [2.45, 2.75) is 20.3 Å². The molecule has 0 bridgehead atoms. The second-order valence-corrected chi connectivity index (χ2v) is 3.08. The molecule has 1 rings (SSSR count). The molecule has 0 saturated carbocycles. The van der Waals surface area contributed by atoms with Gasteiger partial charge in [-0.1, -0.05) is 0 Å². The van der Waals surface area contributed by atoms with Gasteiger partial charge >= 0.3 is 0 Å². The minimum atomic E-state index is 0.517. The van der Waals surface area contributed by atoms with E-state index in [9.17, 15) is 0 Å². The number of hydrogen-bond acceptors (Lipinski definition) is 4. The van der Waals surface area contributed by atoms with Gasteiger partial charge in [-0.15, -0.1) is 5.10 Å². The van der Waals surface area contributed by atoms with E-state index in [0.29, 0.717) is 13.0 Å². The maximum absolute atomic E-state index is 8.50. The molecule has 74 valence electrons. The molecule has 1 heterocycles. The van der Waals surface area contributed by atoms with E-state index in [2.05, 4.69) is 16.3 Å². The number of nitriles is 1. The van der Waals surface area contributed by atoms with Crippen LogP contribution in [0.5, 0.6) is 0 Å². The minimum Gasteiger partial charge on any atom is -0.354 e. The van der Waals surface area contributed by atoms with Crippen LogP contribution in [0.2, 0.25) is 0 Å². The van der Waals surface area contributed by atoms with Gasteiger partial charge in [-0.25, -0.2) is 0 Å². The second-order valence-electron chi connectivity index (χ2n) is 3.08. The van der Waals surface area contributed by atoms with Gasteiger partial charge in [0.2, 0.25) is 0 Å². The van der Waals surface area contributed by atoms with Crippen molar-refractivity contribution in [3.63, 3.8) is 0 Å². The molecule has 0 aliphatic carbocycles. The van der Waals surface area contributed by atoms with Crippen LogP contribution >= 0.6 is 0 Å². The Morgan fingerprint density at radius 3 is 2.93 bits per heavy atom. The van der Waals surface area contributed by atoms with Crippen molar-refractivity contribution >= 4 is 5.82 Å². The Kier molecular flexibility index (Phi) is 3.86. The lowest BCUT2D eigenvalue weighted by Crippen LogP contribution is -2.24. The van der Waals surface area contributed by atoms with Crippen molar-refractivity contribution < 1.29 is 0 Å². The van der Waals surface area contributed by atoms with E-state index in [1.54, 1.807) is 6.20 Å². The largest absolute Gasteiger partial charge is 0.354 e. The Morgan fingerprint density at radius 1 is 1.57 bits per heavy atom. The molecule has 0 saturated heterocycles. The SMILES string of the molecule is CCN(CCC#N)c1cc(C)cnn1. The van der Waals surface area contributed by atoms with Crippen LogP contribution in [0.4, 0.5) is 5.82 Å². The first-order valence-electron chi connectivity index (χ1n) is 4.69. The van der Waals surface area contributed by atoms with Gasteiger partial charge in [-0.3, -0.25) is 0 Å². The van der Waals surface area contributed by atoms with Crippen molar-refractivity contribution in [3.05, 3.63) is 17.8 Å². The lowest BCUT2D eigenvalue weighted by molar-refractivity contribution is 0.793. The van der Waals surface area contributed by atoms with Gasteiger partial charge in [0, 0.05) is 13.1 Å². The summed E-state index contributed by atoms with van der Waals surface area (Å²) in [5.74, 6) is 0.850. The van der Waals surface area contributed by atoms with E-state index in [4.69, 9.17) is 5.26 Å². The maximum atomic E-state index is 8.50. The van der Waals surface area contributed by atoms with Crippen molar-refractivity contribution in [2.75, 3.05) is 18.0 Å². The van der Waals surface area contributed by atoms with Crippen LogP contribution in [0.15, 0.2) is 12.3 Å². The molecule has 0 spiro atoms. The predicted octanol–water partition coefficient (Wildman–Crippen LogP) is 1.52. The van der Waals surface area contributed by atoms with Crippen molar-refractivity contribution in [2.24, 2.45) is 0 Å². The molecule has 1 aromatic heterocycles. The summed E-state index contributed by atoms with van der Waals surface area (Å²) in [6.45, 7) is 5.59. The number of hydrogen-bond donors (Lipinski definition) is 0. The number of aryl methyl sites for hydroxylation is 1. The Hall–Kier alpha value is -1.63. The van der Waals surface area contributed by atoms with E-state index in [1.165, 1.54) is 0 Å². The summed E-state index contributed by atoms with van der Waals surface area (Å²) in [6.07, 6.45) is 2.24. The van der Waals surface area contributed by atoms with Gasteiger partial charge in [0.1, 0.15) is 0 Å². The monoisotopic (exact) mass is 190 g/mol. The Labute approximate surface area is 84.2 Å². The smallest absolute Gasteiger partial charge is 0.151 e. The number of nitrogens with zero attached hydrogens (tertiary/aromatic N) is 4. The van der Waals surface area contributed by atoms with E-state index in [0.717, 1.165) is 17.9 Å². The summed E-state index contributed by atoms with van der Waals surface area (Å²) in [4.78, 5) is 2.04. The van der Waals surface area contributed by atoms with Crippen LogP contribution in [0.1, 0.15) is 18.9 Å². The molecular weight excluding hydrogens is 176 g/mol. The van der Waals surface area contributed by atoms with Gasteiger partial charge in [-0.05, 0) is 25.5 Å². The molecule has 0 fully saturated rings. The Balaban J connectivity index is 2.74. The average molecular weight is 190 g/mol. The summed E-state index contributed by atoms with van der Waals surface area (Å²) in [5.41, 5.74) is 1.09. The molecule has 14 heavy (non-hydrogen) atoms. The first-order chi connectivity index (χ1) is 6.77. The van der Waals surface area contributed by atoms with E-state index >= 15 is 0 Å². The quantitative estimate of drug-likeness (QED) is 0.722. The molecule has 0 unspecified atom stereocenters. The maximum Gasteiger partial charge on any atom is 0.151 e. The fraction of sp³-hybridized carbons (Fsp3) is 0.500. The molecule has 0 aromatic carbocycles. The fourth-order valence-corrected chi connectivity index (χ4v) is 1.22. The van der Waals surface area contributed by atoms with Gasteiger partial charge in [0.15, 0.2) is 5.82 Å². The third kappa shape index (κ3) is 2.70. The zero-order chi connectivity index (χ0) is 10.4. The van der Waals surface area contributed by atoms with E-state index < -0.39 is 0 Å². The van der Waals surface area contributed by atoms with Crippen LogP contribution < -0.4 is 4.90 Å². The highest BCUT2D eigenvalue weighted by Gasteiger charge is 2.05. The first-order valence-corrected chi connectivity index (χ1v) is 4.69. The standard InChI is InChI=1S/C10H14N4/c1-3-14(6-4-5-11)10-7-9(2)8-12-13-10/h7-8H,3-4,6H2,1-2H3. The average Bonchev–Trinajstić information content (AvgIpc) is 2.19. The summed E-state index contributed by atoms with van der Waals surface area (Å²) in [6, 6.07) is 4.11. The summed E-state index contributed by atoms with van der Waals surface area (Å²) in [7, 11) is 0. The Bertz CT molecular complexity index is 329. The molecule has 0 aliphatic rings. The number of aromatic nitrogens is 2. The third-order valence-corrected chi connectivity index (χ3v) is 1.98. The van der Waals surface area contributed by atoms with Crippen LogP contribution in [0, 0.1) is 18.3 Å². The lowest BCUT2D eigenvalue weighted by Gasteiger charge is -2.19. The highest BCUT2D eigenvalue weighted by atomic mass is 15.2. The highest BCUT2D eigenvalue weighted by Crippen LogP contribution is 2.10. The molecule has 0 radical (unpaired) electrons. The van der Waals surface area contributed by atoms with Gasteiger partial charge in [0.25, 0.3) is 0 Å². The lowest BCUT2D eigenvalue weighted by atomic mass is 10.3. The fourth-order valence-electron chi connectivity index (χ4n) is 1.22. The molecule has 0 N–H and O–H groups in total. The normalized spacial score (nSPS) is 9.50. The first kappa shape index (κ1) is 10.5. The molecule has 4 nitrogen and oxygen atoms in total. The zero-order valence-electron chi connectivity index (χ0n) is 8.56. The minimum absolute atomic E-state index is 0.517. The molecule has 0 atom stereocenters. The zero-order valence-corrected chi connectivity index (χ0v) is 8.56. The van der Waals surface area contributed by atoms with Crippen LogP contribution in [0.3, 0.4) is 0 Å². The van der Waals surface area contributed by atoms with Gasteiger partial charge in [0.05, 0.1) is 18.7 Å². The number of anilines is 1.